The van der Waals surface area contributed by atoms with Gasteiger partial charge < -0.3 is 14.8 Å². The average molecular weight is 447 g/mol. The quantitative estimate of drug-likeness (QED) is 0.562. The van der Waals surface area contributed by atoms with Crippen molar-refractivity contribution < 1.29 is 22.7 Å². The molecule has 0 aromatic heterocycles. The highest BCUT2D eigenvalue weighted by atomic mass is 32.2. The molecule has 168 valence electrons. The molecule has 1 N–H and O–H groups in total. The molecule has 0 bridgehead atoms. The number of nitrogens with zero attached hydrogens (tertiary/aromatic N) is 1. The van der Waals surface area contributed by atoms with Crippen molar-refractivity contribution in [2.24, 2.45) is 0 Å². The molecule has 0 amide bonds. The summed E-state index contributed by atoms with van der Waals surface area (Å²) in [6, 6.07) is 15.7. The second-order valence-corrected chi connectivity index (χ2v) is 9.58. The van der Waals surface area contributed by atoms with Gasteiger partial charge in [0.1, 0.15) is 24.3 Å². The highest BCUT2D eigenvalue weighted by Crippen LogP contribution is 2.18. The number of sulfone groups is 1. The van der Waals surface area contributed by atoms with Crippen molar-refractivity contribution in [3.63, 3.8) is 0 Å². The third-order valence-corrected chi connectivity index (χ3v) is 6.94. The number of methoxy groups -OCH3 is 1. The molecule has 1 heterocycles. The van der Waals surface area contributed by atoms with Gasteiger partial charge in [-0.2, -0.15) is 0 Å². The maximum atomic E-state index is 12.7. The number of rotatable bonds is 10. The summed E-state index contributed by atoms with van der Waals surface area (Å²) >= 11 is 0. The fraction of sp³-hybridized carbons (Fsp3) is 0.435. The van der Waals surface area contributed by atoms with Gasteiger partial charge in [-0.3, -0.25) is 9.69 Å². The molecule has 31 heavy (non-hydrogen) atoms. The topological polar surface area (TPSA) is 84.9 Å². The van der Waals surface area contributed by atoms with Gasteiger partial charge in [-0.1, -0.05) is 36.8 Å². The van der Waals surface area contributed by atoms with Crippen molar-refractivity contribution in [3.8, 4) is 5.75 Å². The number of hydrogen-bond acceptors (Lipinski definition) is 7. The molecule has 0 saturated carbocycles. The SMILES string of the molecule is COC(=O)C(CNCS(=O)(=O)c1ccc(OCc2ccccc2)cc1)N1CCCCC1. The van der Waals surface area contributed by atoms with Crippen LogP contribution in [0.1, 0.15) is 24.8 Å². The van der Waals surface area contributed by atoms with Gasteiger partial charge in [0, 0.05) is 6.54 Å². The first-order chi connectivity index (χ1) is 15.0. The number of likely N-dealkylation sites (tertiary alicyclic amines) is 1. The zero-order valence-corrected chi connectivity index (χ0v) is 18.6. The molecular weight excluding hydrogens is 416 g/mol. The lowest BCUT2D eigenvalue weighted by Gasteiger charge is -2.32. The van der Waals surface area contributed by atoms with Crippen LogP contribution in [0.15, 0.2) is 59.5 Å². The van der Waals surface area contributed by atoms with E-state index in [0.29, 0.717) is 12.4 Å². The minimum absolute atomic E-state index is 0.208. The van der Waals surface area contributed by atoms with Gasteiger partial charge in [-0.15, -0.1) is 0 Å². The van der Waals surface area contributed by atoms with E-state index < -0.39 is 15.9 Å². The minimum atomic E-state index is -3.54. The molecule has 1 aliphatic rings. The maximum absolute atomic E-state index is 12.7. The van der Waals surface area contributed by atoms with E-state index in [2.05, 4.69) is 10.2 Å². The summed E-state index contributed by atoms with van der Waals surface area (Å²) in [5, 5.41) is 2.94. The Balaban J connectivity index is 1.53. The molecule has 0 aliphatic carbocycles. The van der Waals surface area contributed by atoms with Crippen LogP contribution in [0.2, 0.25) is 0 Å². The first kappa shape index (κ1) is 23.2. The van der Waals surface area contributed by atoms with Crippen LogP contribution >= 0.6 is 0 Å². The van der Waals surface area contributed by atoms with E-state index >= 15 is 0 Å². The van der Waals surface area contributed by atoms with Gasteiger partial charge >= 0.3 is 5.97 Å². The predicted octanol–water partition coefficient (Wildman–Crippen LogP) is 2.61. The van der Waals surface area contributed by atoms with Gasteiger partial charge in [-0.25, -0.2) is 8.42 Å². The molecule has 2 aromatic rings. The Hall–Kier alpha value is -2.42. The standard InChI is InChI=1S/C23H30N2O5S/c1-29-23(26)22(25-14-6-3-7-15-25)16-24-18-31(27,28)21-12-10-20(11-13-21)30-17-19-8-4-2-5-9-19/h2,4-5,8-13,22,24H,3,6-7,14-18H2,1H3. The molecule has 0 radical (unpaired) electrons. The van der Waals surface area contributed by atoms with Crippen molar-refractivity contribution in [1.82, 2.24) is 10.2 Å². The van der Waals surface area contributed by atoms with Crippen LogP contribution in [0.25, 0.3) is 0 Å². The molecule has 1 atom stereocenters. The van der Waals surface area contributed by atoms with E-state index in [1.807, 2.05) is 30.3 Å². The van der Waals surface area contributed by atoms with E-state index in [4.69, 9.17) is 9.47 Å². The molecule has 8 heteroatoms. The number of nitrogens with one attached hydrogen (secondary N) is 1. The van der Waals surface area contributed by atoms with E-state index in [1.54, 1.807) is 24.3 Å². The summed E-state index contributed by atoms with van der Waals surface area (Å²) in [7, 11) is -2.18. The van der Waals surface area contributed by atoms with E-state index in [0.717, 1.165) is 37.9 Å². The van der Waals surface area contributed by atoms with Crippen LogP contribution in [0.3, 0.4) is 0 Å². The molecular formula is C23H30N2O5S. The number of piperidine rings is 1. The summed E-state index contributed by atoms with van der Waals surface area (Å²) < 4.78 is 36.0. The van der Waals surface area contributed by atoms with Crippen LogP contribution in [0.4, 0.5) is 0 Å². The van der Waals surface area contributed by atoms with E-state index in [9.17, 15) is 13.2 Å². The first-order valence-corrected chi connectivity index (χ1v) is 12.2. The van der Waals surface area contributed by atoms with Gasteiger partial charge in [0.15, 0.2) is 9.84 Å². The zero-order chi connectivity index (χ0) is 22.1. The molecule has 1 fully saturated rings. The highest BCUT2D eigenvalue weighted by Gasteiger charge is 2.28. The van der Waals surface area contributed by atoms with Crippen LogP contribution < -0.4 is 10.1 Å². The molecule has 1 unspecified atom stereocenters. The minimum Gasteiger partial charge on any atom is -0.489 e. The lowest BCUT2D eigenvalue weighted by molar-refractivity contribution is -0.147. The van der Waals surface area contributed by atoms with E-state index in [1.165, 1.54) is 7.11 Å². The average Bonchev–Trinajstić information content (AvgIpc) is 2.81. The normalized spacial score (nSPS) is 15.9. The second kappa shape index (κ2) is 11.3. The number of benzene rings is 2. The van der Waals surface area contributed by atoms with Gasteiger partial charge in [-0.05, 0) is 55.8 Å². The molecule has 0 spiro atoms. The lowest BCUT2D eigenvalue weighted by Crippen LogP contribution is -2.50. The third kappa shape index (κ3) is 6.78. The maximum Gasteiger partial charge on any atom is 0.324 e. The van der Waals surface area contributed by atoms with Gasteiger partial charge in [0.05, 0.1) is 12.0 Å². The summed E-state index contributed by atoms with van der Waals surface area (Å²) in [5.41, 5.74) is 1.04. The molecule has 1 aliphatic heterocycles. The first-order valence-electron chi connectivity index (χ1n) is 10.5. The van der Waals surface area contributed by atoms with Crippen LogP contribution in [-0.2, 0) is 26.0 Å². The van der Waals surface area contributed by atoms with Crippen molar-refractivity contribution >= 4 is 15.8 Å². The Labute approximate surface area is 184 Å². The van der Waals surface area contributed by atoms with Crippen LogP contribution in [-0.4, -0.2) is 57.9 Å². The molecule has 2 aromatic carbocycles. The summed E-state index contributed by atoms with van der Waals surface area (Å²) in [6.07, 6.45) is 3.21. The fourth-order valence-corrected chi connectivity index (χ4v) is 4.73. The molecule has 7 nitrogen and oxygen atoms in total. The molecule has 1 saturated heterocycles. The van der Waals surface area contributed by atoms with Crippen molar-refractivity contribution in [2.45, 2.75) is 36.8 Å². The van der Waals surface area contributed by atoms with Crippen molar-refractivity contribution in [1.29, 1.82) is 0 Å². The largest absolute Gasteiger partial charge is 0.489 e. The van der Waals surface area contributed by atoms with Crippen LogP contribution in [0, 0.1) is 0 Å². The van der Waals surface area contributed by atoms with Crippen LogP contribution in [0.5, 0.6) is 5.75 Å². The number of esters is 1. The Morgan fingerprint density at radius 2 is 1.71 bits per heavy atom. The monoisotopic (exact) mass is 446 g/mol. The number of hydrogen-bond donors (Lipinski definition) is 1. The smallest absolute Gasteiger partial charge is 0.324 e. The Kier molecular flexibility index (Phi) is 8.45. The fourth-order valence-electron chi connectivity index (χ4n) is 3.63. The third-order valence-electron chi connectivity index (χ3n) is 5.37. The van der Waals surface area contributed by atoms with E-state index in [-0.39, 0.29) is 23.3 Å². The predicted molar refractivity (Wildman–Crippen MR) is 118 cm³/mol. The summed E-state index contributed by atoms with van der Waals surface area (Å²) in [4.78, 5) is 14.4. The number of carbonyl (C=O) groups excluding carboxylic acids is 1. The van der Waals surface area contributed by atoms with Gasteiger partial charge in [0.2, 0.25) is 0 Å². The Morgan fingerprint density at radius 1 is 1.03 bits per heavy atom. The summed E-state index contributed by atoms with van der Waals surface area (Å²) in [6.45, 7) is 2.28. The highest BCUT2D eigenvalue weighted by molar-refractivity contribution is 7.91. The second-order valence-electron chi connectivity index (χ2n) is 7.59. The molecule has 3 rings (SSSR count). The van der Waals surface area contributed by atoms with Gasteiger partial charge in [0.25, 0.3) is 0 Å². The number of ether oxygens (including phenoxy) is 2. The van der Waals surface area contributed by atoms with Crippen molar-refractivity contribution in [2.75, 3.05) is 32.6 Å². The summed E-state index contributed by atoms with van der Waals surface area (Å²) in [5.74, 6) is 0.0109. The Morgan fingerprint density at radius 3 is 2.35 bits per heavy atom. The number of carbonyl (C=O) groups is 1. The zero-order valence-electron chi connectivity index (χ0n) is 17.8. The Bertz CT molecular complexity index is 926. The lowest BCUT2D eigenvalue weighted by atomic mass is 10.1. The van der Waals surface area contributed by atoms with Crippen molar-refractivity contribution in [3.05, 3.63) is 60.2 Å².